The highest BCUT2D eigenvalue weighted by Crippen LogP contribution is 2.47. The maximum absolute atomic E-state index is 11.3. The zero-order valence-corrected chi connectivity index (χ0v) is 29.3. The molecule has 0 fully saturated rings. The topological polar surface area (TPSA) is 65.0 Å². The van der Waals surface area contributed by atoms with Gasteiger partial charge in [0.1, 0.15) is 11.5 Å². The Morgan fingerprint density at radius 1 is 0.733 bits per heavy atom. The van der Waals surface area contributed by atoms with E-state index in [0.717, 1.165) is 62.8 Å². The molecular formula is C37H45O5PS2. The Morgan fingerprint density at radius 2 is 1.36 bits per heavy atom. The highest BCUT2D eigenvalue weighted by atomic mass is 32.1. The van der Waals surface area contributed by atoms with E-state index in [-0.39, 0.29) is 0 Å². The minimum absolute atomic E-state index is 0.394. The molecule has 0 saturated carbocycles. The van der Waals surface area contributed by atoms with Crippen LogP contribution in [0.25, 0.3) is 31.3 Å². The van der Waals surface area contributed by atoms with Gasteiger partial charge < -0.3 is 18.9 Å². The van der Waals surface area contributed by atoms with Gasteiger partial charge in [-0.2, -0.15) is 0 Å². The van der Waals surface area contributed by atoms with Crippen LogP contribution in [0.5, 0.6) is 16.6 Å². The lowest BCUT2D eigenvalue weighted by molar-refractivity contribution is 0.306. The molecule has 2 aromatic carbocycles. The molecule has 4 rings (SSSR count). The van der Waals surface area contributed by atoms with Gasteiger partial charge in [0.2, 0.25) is 0 Å². The molecule has 0 aliphatic rings. The van der Waals surface area contributed by atoms with Crippen LogP contribution in [0.15, 0.2) is 60.7 Å². The maximum atomic E-state index is 11.3. The predicted octanol–water partition coefficient (Wildman–Crippen LogP) is 11.6. The van der Waals surface area contributed by atoms with E-state index < -0.39 is 8.25 Å². The molecule has 0 spiro atoms. The Balaban J connectivity index is 1.52. The summed E-state index contributed by atoms with van der Waals surface area (Å²) in [6.07, 6.45) is 13.1. The van der Waals surface area contributed by atoms with Crippen molar-refractivity contribution in [1.29, 1.82) is 0 Å². The van der Waals surface area contributed by atoms with Crippen molar-refractivity contribution in [3.63, 3.8) is 0 Å². The van der Waals surface area contributed by atoms with E-state index in [1.807, 2.05) is 12.1 Å². The van der Waals surface area contributed by atoms with Crippen LogP contribution in [0, 0.1) is 11.8 Å². The van der Waals surface area contributed by atoms with Crippen molar-refractivity contribution in [1.82, 2.24) is 0 Å². The van der Waals surface area contributed by atoms with Crippen LogP contribution in [0.3, 0.4) is 0 Å². The van der Waals surface area contributed by atoms with Gasteiger partial charge in [-0.3, -0.25) is 0 Å². The third-order valence-corrected chi connectivity index (χ3v) is 10.2. The summed E-state index contributed by atoms with van der Waals surface area (Å²) in [7, 11) is -1.40. The van der Waals surface area contributed by atoms with E-state index in [0.29, 0.717) is 11.7 Å². The second-order valence-electron chi connectivity index (χ2n) is 11.0. The third kappa shape index (κ3) is 10.8. The quantitative estimate of drug-likeness (QED) is 0.0651. The molecule has 0 aliphatic heterocycles. The maximum Gasteiger partial charge on any atom is 0.365 e. The Morgan fingerprint density at radius 3 is 2.09 bits per heavy atom. The second kappa shape index (κ2) is 18.8. The standard InChI is InChI=1S/C37H45O5PS2/c1-4-6-8-10-11-12-13-14-16-28-17-19-29(20-18-28)34-21-22-35(44-34)30-27-33(41-25-15-9-7-5-2)31(26-32(30)40-3)36-23-24-37(45-36)42-43(38)39/h17-24,26-27,43H,4-13,15,25H2,1-3H3,(H,38,39). The lowest BCUT2D eigenvalue weighted by atomic mass is 10.1. The summed E-state index contributed by atoms with van der Waals surface area (Å²) in [5.74, 6) is 8.16. The molecule has 45 heavy (non-hydrogen) atoms. The first kappa shape index (κ1) is 34.9. The van der Waals surface area contributed by atoms with Gasteiger partial charge >= 0.3 is 8.25 Å². The summed E-state index contributed by atoms with van der Waals surface area (Å²) < 4.78 is 28.6. The van der Waals surface area contributed by atoms with Gasteiger partial charge in [-0.1, -0.05) is 101 Å². The summed E-state index contributed by atoms with van der Waals surface area (Å²) in [5, 5.41) is 0.394. The van der Waals surface area contributed by atoms with Gasteiger partial charge in [-0.15, -0.1) is 11.3 Å². The van der Waals surface area contributed by atoms with Crippen LogP contribution < -0.4 is 14.0 Å². The number of thiophene rings is 2. The fourth-order valence-electron chi connectivity index (χ4n) is 5.06. The largest absolute Gasteiger partial charge is 0.496 e. The van der Waals surface area contributed by atoms with Crippen LogP contribution in [-0.4, -0.2) is 18.6 Å². The van der Waals surface area contributed by atoms with Crippen molar-refractivity contribution in [2.75, 3.05) is 13.7 Å². The summed E-state index contributed by atoms with van der Waals surface area (Å²) in [4.78, 5) is 12.4. The number of methoxy groups -OCH3 is 1. The average Bonchev–Trinajstić information content (AvgIpc) is 3.72. The summed E-state index contributed by atoms with van der Waals surface area (Å²) in [6, 6.07) is 20.4. The molecule has 0 amide bonds. The Labute approximate surface area is 277 Å². The number of hydrogen-bond acceptors (Lipinski definition) is 6. The first-order chi connectivity index (χ1) is 22.0. The Hall–Kier alpha value is -3.01. The van der Waals surface area contributed by atoms with Crippen LogP contribution in [0.4, 0.5) is 0 Å². The molecule has 1 atom stereocenters. The van der Waals surface area contributed by atoms with Crippen molar-refractivity contribution in [2.24, 2.45) is 0 Å². The molecular weight excluding hydrogens is 620 g/mol. The fourth-order valence-corrected chi connectivity index (χ4v) is 7.48. The monoisotopic (exact) mass is 664 g/mol. The molecule has 0 radical (unpaired) electrons. The van der Waals surface area contributed by atoms with Crippen LogP contribution in [-0.2, 0) is 4.57 Å². The minimum Gasteiger partial charge on any atom is -0.496 e. The molecule has 2 heterocycles. The van der Waals surface area contributed by atoms with E-state index in [1.54, 1.807) is 24.5 Å². The first-order valence-corrected chi connectivity index (χ1v) is 19.0. The summed E-state index contributed by atoms with van der Waals surface area (Å²) in [5.41, 5.74) is 4.04. The van der Waals surface area contributed by atoms with Gasteiger partial charge in [0.25, 0.3) is 0 Å². The SMILES string of the molecule is CCCCCCCCC#Cc1ccc(-c2ccc(-c3cc(OCCCCCC)c(-c4ccc(O[PH](=O)O)s4)cc3OC)s2)cc1. The van der Waals surface area contributed by atoms with Gasteiger partial charge in [0, 0.05) is 37.7 Å². The highest BCUT2D eigenvalue weighted by Gasteiger charge is 2.18. The number of unbranched alkanes of at least 4 members (excludes halogenated alkanes) is 9. The molecule has 0 saturated heterocycles. The second-order valence-corrected chi connectivity index (χ2v) is 13.9. The van der Waals surface area contributed by atoms with Crippen molar-refractivity contribution in [2.45, 2.75) is 84.5 Å². The van der Waals surface area contributed by atoms with Crippen LogP contribution >= 0.6 is 30.9 Å². The van der Waals surface area contributed by atoms with Gasteiger partial charge in [0.05, 0.1) is 13.7 Å². The number of ether oxygens (including phenoxy) is 2. The van der Waals surface area contributed by atoms with Crippen molar-refractivity contribution in [3.8, 4) is 59.7 Å². The lowest BCUT2D eigenvalue weighted by Crippen LogP contribution is -2.00. The van der Waals surface area contributed by atoms with Crippen molar-refractivity contribution < 1.29 is 23.5 Å². The Kier molecular flexibility index (Phi) is 14.6. The molecule has 5 nitrogen and oxygen atoms in total. The van der Waals surface area contributed by atoms with Gasteiger partial charge in [0.15, 0.2) is 5.06 Å². The third-order valence-electron chi connectivity index (χ3n) is 7.52. The number of hydrogen-bond donors (Lipinski definition) is 1. The van der Waals surface area contributed by atoms with E-state index >= 15 is 0 Å². The van der Waals surface area contributed by atoms with E-state index in [1.165, 1.54) is 67.6 Å². The van der Waals surface area contributed by atoms with Crippen molar-refractivity contribution in [3.05, 3.63) is 66.2 Å². The first-order valence-electron chi connectivity index (χ1n) is 16.1. The minimum atomic E-state index is -3.08. The number of benzene rings is 2. The zero-order valence-electron chi connectivity index (χ0n) is 26.7. The summed E-state index contributed by atoms with van der Waals surface area (Å²) in [6.45, 7) is 5.06. The average molecular weight is 665 g/mol. The molecule has 1 N–H and O–H groups in total. The van der Waals surface area contributed by atoms with E-state index in [4.69, 9.17) is 14.0 Å². The molecule has 240 valence electrons. The fraction of sp³-hybridized carbons (Fsp3) is 0.405. The van der Waals surface area contributed by atoms with Gasteiger partial charge in [-0.25, -0.2) is 4.57 Å². The number of rotatable bonds is 18. The van der Waals surface area contributed by atoms with Crippen molar-refractivity contribution >= 4 is 30.9 Å². The summed E-state index contributed by atoms with van der Waals surface area (Å²) >= 11 is 3.03. The van der Waals surface area contributed by atoms with E-state index in [9.17, 15) is 9.46 Å². The normalized spacial score (nSPS) is 11.6. The van der Waals surface area contributed by atoms with Crippen LogP contribution in [0.1, 0.15) is 90.0 Å². The van der Waals surface area contributed by atoms with Crippen LogP contribution in [0.2, 0.25) is 0 Å². The molecule has 0 aliphatic carbocycles. The van der Waals surface area contributed by atoms with E-state index in [2.05, 4.69) is 68.2 Å². The zero-order chi connectivity index (χ0) is 31.9. The lowest BCUT2D eigenvalue weighted by Gasteiger charge is -2.15. The van der Waals surface area contributed by atoms with Gasteiger partial charge in [-0.05, 0) is 66.9 Å². The smallest absolute Gasteiger partial charge is 0.365 e. The molecule has 0 bridgehead atoms. The Bertz CT molecular complexity index is 1560. The molecule has 8 heteroatoms. The molecule has 2 aromatic heterocycles. The highest BCUT2D eigenvalue weighted by molar-refractivity contribution is 7.33. The predicted molar refractivity (Wildman–Crippen MR) is 191 cm³/mol. The molecule has 1 unspecified atom stereocenters. The molecule has 4 aromatic rings.